The monoisotopic (exact) mass is 311 g/mol. The SMILES string of the molecule is CC(C)CCOCCNC(=O)c1ccc(C=CC(=O)O)s1. The number of ether oxygens (including phenoxy) is 1. The fourth-order valence-electron chi connectivity index (χ4n) is 1.46. The highest BCUT2D eigenvalue weighted by Crippen LogP contribution is 2.17. The first kappa shape index (κ1) is 17.4. The summed E-state index contributed by atoms with van der Waals surface area (Å²) in [5.74, 6) is -0.557. The second-order valence-corrected chi connectivity index (χ2v) is 6.04. The first-order chi connectivity index (χ1) is 9.99. The molecule has 21 heavy (non-hydrogen) atoms. The van der Waals surface area contributed by atoms with E-state index < -0.39 is 5.97 Å². The van der Waals surface area contributed by atoms with Crippen LogP contribution >= 0.6 is 11.3 Å². The van der Waals surface area contributed by atoms with Crippen LogP contribution in [0.2, 0.25) is 0 Å². The Morgan fingerprint density at radius 1 is 1.38 bits per heavy atom. The van der Waals surface area contributed by atoms with E-state index in [1.165, 1.54) is 17.4 Å². The van der Waals surface area contributed by atoms with Crippen LogP contribution in [0.4, 0.5) is 0 Å². The van der Waals surface area contributed by atoms with Crippen molar-refractivity contribution in [1.29, 1.82) is 0 Å². The average molecular weight is 311 g/mol. The van der Waals surface area contributed by atoms with Gasteiger partial charge in [0.2, 0.25) is 0 Å². The molecule has 0 bridgehead atoms. The number of hydrogen-bond donors (Lipinski definition) is 2. The fraction of sp³-hybridized carbons (Fsp3) is 0.467. The molecule has 6 heteroatoms. The number of aliphatic carboxylic acids is 1. The lowest BCUT2D eigenvalue weighted by atomic mass is 10.1. The number of rotatable bonds is 9. The molecule has 0 spiro atoms. The number of thiophene rings is 1. The number of carboxylic acids is 1. The minimum Gasteiger partial charge on any atom is -0.478 e. The minimum atomic E-state index is -1.01. The summed E-state index contributed by atoms with van der Waals surface area (Å²) in [5.41, 5.74) is 0. The Hall–Kier alpha value is -1.66. The molecule has 1 amide bonds. The van der Waals surface area contributed by atoms with E-state index in [0.717, 1.165) is 17.4 Å². The number of carbonyl (C=O) groups excluding carboxylic acids is 1. The summed E-state index contributed by atoms with van der Waals surface area (Å²) in [6.45, 7) is 5.94. The highest BCUT2D eigenvalue weighted by molar-refractivity contribution is 7.14. The van der Waals surface area contributed by atoms with Crippen LogP contribution in [-0.4, -0.2) is 36.7 Å². The first-order valence-electron chi connectivity index (χ1n) is 6.86. The van der Waals surface area contributed by atoms with E-state index >= 15 is 0 Å². The van der Waals surface area contributed by atoms with Gasteiger partial charge in [0.1, 0.15) is 0 Å². The van der Waals surface area contributed by atoms with Gasteiger partial charge in [-0.25, -0.2) is 4.79 Å². The summed E-state index contributed by atoms with van der Waals surface area (Å²) in [6.07, 6.45) is 3.53. The summed E-state index contributed by atoms with van der Waals surface area (Å²) < 4.78 is 5.41. The molecule has 0 saturated carbocycles. The molecular weight excluding hydrogens is 290 g/mol. The molecule has 0 aromatic carbocycles. The van der Waals surface area contributed by atoms with E-state index in [-0.39, 0.29) is 5.91 Å². The van der Waals surface area contributed by atoms with Gasteiger partial charge in [0, 0.05) is 24.1 Å². The van der Waals surface area contributed by atoms with Crippen LogP contribution in [0.15, 0.2) is 18.2 Å². The van der Waals surface area contributed by atoms with Gasteiger partial charge >= 0.3 is 5.97 Å². The van der Waals surface area contributed by atoms with E-state index in [1.807, 2.05) is 0 Å². The zero-order chi connectivity index (χ0) is 15.7. The molecule has 0 radical (unpaired) electrons. The van der Waals surface area contributed by atoms with Crippen LogP contribution in [0, 0.1) is 5.92 Å². The number of nitrogens with one attached hydrogen (secondary N) is 1. The molecule has 0 fully saturated rings. The molecule has 1 aromatic rings. The van der Waals surface area contributed by atoms with E-state index in [4.69, 9.17) is 9.84 Å². The standard InChI is InChI=1S/C15H21NO4S/c1-11(2)7-9-20-10-8-16-15(19)13-5-3-12(21-13)4-6-14(17)18/h3-6,11H,7-10H2,1-2H3,(H,16,19)(H,17,18). The molecule has 1 aromatic heterocycles. The van der Waals surface area contributed by atoms with Gasteiger partial charge in [0.25, 0.3) is 5.91 Å². The fourth-order valence-corrected chi connectivity index (χ4v) is 2.29. The molecule has 0 aliphatic heterocycles. The average Bonchev–Trinajstić information content (AvgIpc) is 2.88. The molecule has 0 atom stereocenters. The lowest BCUT2D eigenvalue weighted by molar-refractivity contribution is -0.131. The van der Waals surface area contributed by atoms with Crippen LogP contribution in [0.5, 0.6) is 0 Å². The van der Waals surface area contributed by atoms with Crippen molar-refractivity contribution >= 4 is 29.3 Å². The molecule has 5 nitrogen and oxygen atoms in total. The number of carboxylic acid groups (broad SMARTS) is 1. The number of carbonyl (C=O) groups is 2. The third-order valence-electron chi connectivity index (χ3n) is 2.61. The number of amides is 1. The van der Waals surface area contributed by atoms with Gasteiger partial charge in [-0.15, -0.1) is 11.3 Å². The van der Waals surface area contributed by atoms with Crippen LogP contribution in [-0.2, 0) is 9.53 Å². The third-order valence-corrected chi connectivity index (χ3v) is 3.66. The third kappa shape index (κ3) is 7.63. The molecule has 0 unspecified atom stereocenters. The Labute approximate surface area is 128 Å². The van der Waals surface area contributed by atoms with Gasteiger partial charge in [-0.2, -0.15) is 0 Å². The van der Waals surface area contributed by atoms with Crippen molar-refractivity contribution in [1.82, 2.24) is 5.32 Å². The predicted molar refractivity (Wildman–Crippen MR) is 83.6 cm³/mol. The first-order valence-corrected chi connectivity index (χ1v) is 7.67. The largest absolute Gasteiger partial charge is 0.478 e. The van der Waals surface area contributed by atoms with E-state index in [9.17, 15) is 9.59 Å². The lowest BCUT2D eigenvalue weighted by Crippen LogP contribution is -2.26. The van der Waals surface area contributed by atoms with Crippen LogP contribution in [0.3, 0.4) is 0 Å². The Balaban J connectivity index is 2.28. The normalized spacial score (nSPS) is 11.2. The van der Waals surface area contributed by atoms with Crippen molar-refractivity contribution < 1.29 is 19.4 Å². The maximum absolute atomic E-state index is 11.8. The maximum atomic E-state index is 11.8. The highest BCUT2D eigenvalue weighted by Gasteiger charge is 2.07. The zero-order valence-corrected chi connectivity index (χ0v) is 13.1. The van der Waals surface area contributed by atoms with Gasteiger partial charge in [-0.3, -0.25) is 4.79 Å². The van der Waals surface area contributed by atoms with Crippen molar-refractivity contribution in [3.05, 3.63) is 28.0 Å². The van der Waals surface area contributed by atoms with E-state index in [1.54, 1.807) is 12.1 Å². The molecule has 0 aliphatic rings. The Morgan fingerprint density at radius 2 is 2.14 bits per heavy atom. The zero-order valence-electron chi connectivity index (χ0n) is 12.3. The smallest absolute Gasteiger partial charge is 0.328 e. The van der Waals surface area contributed by atoms with Crippen molar-refractivity contribution in [2.24, 2.45) is 5.92 Å². The molecular formula is C15H21NO4S. The van der Waals surface area contributed by atoms with Crippen molar-refractivity contribution in [2.45, 2.75) is 20.3 Å². The highest BCUT2D eigenvalue weighted by atomic mass is 32.1. The molecule has 1 rings (SSSR count). The molecule has 0 saturated heterocycles. The van der Waals surface area contributed by atoms with Crippen molar-refractivity contribution in [3.63, 3.8) is 0 Å². The molecule has 1 heterocycles. The lowest BCUT2D eigenvalue weighted by Gasteiger charge is -2.07. The summed E-state index contributed by atoms with van der Waals surface area (Å²) in [5, 5.41) is 11.3. The predicted octanol–water partition coefficient (Wildman–Crippen LogP) is 2.64. The van der Waals surface area contributed by atoms with Crippen LogP contribution < -0.4 is 5.32 Å². The van der Waals surface area contributed by atoms with Crippen LogP contribution in [0.1, 0.15) is 34.8 Å². The van der Waals surface area contributed by atoms with Gasteiger partial charge in [-0.05, 0) is 30.5 Å². The summed E-state index contributed by atoms with van der Waals surface area (Å²) >= 11 is 1.25. The van der Waals surface area contributed by atoms with E-state index in [2.05, 4.69) is 19.2 Å². The second-order valence-electron chi connectivity index (χ2n) is 4.92. The van der Waals surface area contributed by atoms with E-state index in [0.29, 0.717) is 30.6 Å². The van der Waals surface area contributed by atoms with Crippen molar-refractivity contribution in [3.8, 4) is 0 Å². The molecule has 0 aliphatic carbocycles. The Bertz CT molecular complexity index is 494. The Kier molecular flexibility index (Phi) is 7.71. The second kappa shape index (κ2) is 9.31. The minimum absolute atomic E-state index is 0.164. The summed E-state index contributed by atoms with van der Waals surface area (Å²) in [7, 11) is 0. The van der Waals surface area contributed by atoms with Gasteiger partial charge in [-0.1, -0.05) is 13.8 Å². The topological polar surface area (TPSA) is 75.6 Å². The quantitative estimate of drug-likeness (QED) is 0.543. The maximum Gasteiger partial charge on any atom is 0.328 e. The van der Waals surface area contributed by atoms with Crippen molar-refractivity contribution in [2.75, 3.05) is 19.8 Å². The molecule has 2 N–H and O–H groups in total. The van der Waals surface area contributed by atoms with Gasteiger partial charge in [0.05, 0.1) is 11.5 Å². The summed E-state index contributed by atoms with van der Waals surface area (Å²) in [4.78, 5) is 23.5. The van der Waals surface area contributed by atoms with Gasteiger partial charge in [0.15, 0.2) is 0 Å². The Morgan fingerprint density at radius 3 is 2.81 bits per heavy atom. The van der Waals surface area contributed by atoms with Gasteiger partial charge < -0.3 is 15.2 Å². The number of hydrogen-bond acceptors (Lipinski definition) is 4. The van der Waals surface area contributed by atoms with Crippen LogP contribution in [0.25, 0.3) is 6.08 Å². The molecule has 116 valence electrons. The summed E-state index contributed by atoms with van der Waals surface area (Å²) in [6, 6.07) is 3.40.